The van der Waals surface area contributed by atoms with E-state index in [1.54, 1.807) is 4.90 Å². The summed E-state index contributed by atoms with van der Waals surface area (Å²) in [6.07, 6.45) is 1.37. The Morgan fingerprint density at radius 2 is 1.60 bits per heavy atom. The van der Waals surface area contributed by atoms with E-state index in [1.807, 2.05) is 83.1 Å². The molecule has 2 amide bonds. The zero-order chi connectivity index (χ0) is 22.1. The zero-order valence-electron chi connectivity index (χ0n) is 18.8. The van der Waals surface area contributed by atoms with E-state index in [0.29, 0.717) is 18.7 Å². The fourth-order valence-electron chi connectivity index (χ4n) is 3.27. The molecule has 2 aromatic rings. The molecule has 0 aliphatic carbocycles. The van der Waals surface area contributed by atoms with E-state index in [9.17, 15) is 9.59 Å². The third kappa shape index (κ3) is 6.34. The molecule has 0 radical (unpaired) electrons. The number of carbonyl (C=O) groups is 2. The fourth-order valence-corrected chi connectivity index (χ4v) is 3.27. The number of ether oxygens (including phenoxy) is 1. The van der Waals surface area contributed by atoms with Crippen LogP contribution in [-0.2, 0) is 16.1 Å². The first-order chi connectivity index (χ1) is 14.4. The molecule has 2 aromatic carbocycles. The molecule has 0 saturated carbocycles. The van der Waals surface area contributed by atoms with Crippen LogP contribution >= 0.6 is 0 Å². The lowest BCUT2D eigenvalue weighted by Gasteiger charge is -2.31. The number of carbonyl (C=O) groups excluding carboxylic acids is 2. The summed E-state index contributed by atoms with van der Waals surface area (Å²) < 4.78 is 5.80. The van der Waals surface area contributed by atoms with E-state index in [2.05, 4.69) is 5.32 Å². The van der Waals surface area contributed by atoms with Gasteiger partial charge in [-0.05, 0) is 56.4 Å². The van der Waals surface area contributed by atoms with Gasteiger partial charge in [-0.2, -0.15) is 0 Å². The number of hydrogen-bond acceptors (Lipinski definition) is 3. The van der Waals surface area contributed by atoms with Crippen molar-refractivity contribution in [1.29, 1.82) is 0 Å². The molecule has 0 spiro atoms. The van der Waals surface area contributed by atoms with Crippen molar-refractivity contribution in [2.45, 2.75) is 66.1 Å². The van der Waals surface area contributed by atoms with Gasteiger partial charge in [0.1, 0.15) is 11.8 Å². The molecule has 0 bridgehead atoms. The summed E-state index contributed by atoms with van der Waals surface area (Å²) in [5.41, 5.74) is 3.08. The lowest BCUT2D eigenvalue weighted by atomic mass is 10.1. The van der Waals surface area contributed by atoms with Crippen molar-refractivity contribution in [3.63, 3.8) is 0 Å². The maximum atomic E-state index is 13.2. The second-order valence-electron chi connectivity index (χ2n) is 7.74. The Labute approximate surface area is 180 Å². The highest BCUT2D eigenvalue weighted by molar-refractivity contribution is 5.88. The van der Waals surface area contributed by atoms with Gasteiger partial charge in [0.05, 0.1) is 0 Å². The highest BCUT2D eigenvalue weighted by Gasteiger charge is 2.29. The maximum Gasteiger partial charge on any atom is 0.261 e. The molecule has 0 fully saturated rings. The zero-order valence-corrected chi connectivity index (χ0v) is 18.8. The normalized spacial score (nSPS) is 12.7. The first-order valence-electron chi connectivity index (χ1n) is 10.7. The summed E-state index contributed by atoms with van der Waals surface area (Å²) in [6, 6.07) is 15.1. The van der Waals surface area contributed by atoms with Gasteiger partial charge in [-0.15, -0.1) is 0 Å². The van der Waals surface area contributed by atoms with E-state index >= 15 is 0 Å². The Kier molecular flexibility index (Phi) is 8.90. The lowest BCUT2D eigenvalue weighted by molar-refractivity contribution is -0.143. The molecule has 5 nitrogen and oxygen atoms in total. The molecule has 0 unspecified atom stereocenters. The van der Waals surface area contributed by atoms with Crippen LogP contribution < -0.4 is 10.1 Å². The van der Waals surface area contributed by atoms with Gasteiger partial charge in [0, 0.05) is 12.6 Å². The molecule has 2 rings (SSSR count). The minimum atomic E-state index is -0.549. The van der Waals surface area contributed by atoms with Gasteiger partial charge in [0.15, 0.2) is 6.61 Å². The Morgan fingerprint density at radius 3 is 2.20 bits per heavy atom. The highest BCUT2D eigenvalue weighted by atomic mass is 16.5. The topological polar surface area (TPSA) is 58.6 Å². The van der Waals surface area contributed by atoms with Crippen molar-refractivity contribution in [1.82, 2.24) is 10.2 Å². The average Bonchev–Trinajstić information content (AvgIpc) is 2.74. The Balaban J connectivity index is 2.24. The summed E-state index contributed by atoms with van der Waals surface area (Å²) >= 11 is 0. The van der Waals surface area contributed by atoms with Crippen molar-refractivity contribution < 1.29 is 14.3 Å². The van der Waals surface area contributed by atoms with Gasteiger partial charge >= 0.3 is 0 Å². The summed E-state index contributed by atoms with van der Waals surface area (Å²) in [5.74, 6) is 0.358. The summed E-state index contributed by atoms with van der Waals surface area (Å²) in [7, 11) is 0. The summed E-state index contributed by atoms with van der Waals surface area (Å²) in [5, 5.41) is 3.03. The maximum absolute atomic E-state index is 13.2. The Morgan fingerprint density at radius 1 is 0.967 bits per heavy atom. The van der Waals surface area contributed by atoms with E-state index in [-0.39, 0.29) is 24.5 Å². The van der Waals surface area contributed by atoms with Crippen LogP contribution in [0.25, 0.3) is 0 Å². The molecule has 0 saturated heterocycles. The second kappa shape index (κ2) is 11.4. The minimum Gasteiger partial charge on any atom is -0.484 e. The molecule has 0 aromatic heterocycles. The average molecular weight is 411 g/mol. The van der Waals surface area contributed by atoms with Gasteiger partial charge in [-0.25, -0.2) is 0 Å². The first-order valence-corrected chi connectivity index (χ1v) is 10.7. The summed E-state index contributed by atoms with van der Waals surface area (Å²) in [4.78, 5) is 27.8. The van der Waals surface area contributed by atoms with Crippen LogP contribution in [0.5, 0.6) is 5.75 Å². The van der Waals surface area contributed by atoms with Gasteiger partial charge in [0.25, 0.3) is 5.91 Å². The number of rotatable bonds is 10. The number of amides is 2. The predicted octanol–water partition coefficient (Wildman–Crippen LogP) is 4.40. The van der Waals surface area contributed by atoms with Crippen LogP contribution in [0.4, 0.5) is 0 Å². The van der Waals surface area contributed by atoms with Gasteiger partial charge < -0.3 is 15.0 Å². The molecule has 5 heteroatoms. The smallest absolute Gasteiger partial charge is 0.261 e. The second-order valence-corrected chi connectivity index (χ2v) is 7.74. The number of hydrogen-bond donors (Lipinski definition) is 1. The molecule has 162 valence electrons. The molecule has 2 atom stereocenters. The Bertz CT molecular complexity index is 850. The largest absolute Gasteiger partial charge is 0.484 e. The predicted molar refractivity (Wildman–Crippen MR) is 120 cm³/mol. The number of nitrogens with zero attached hydrogens (tertiary/aromatic N) is 1. The van der Waals surface area contributed by atoms with E-state index in [4.69, 9.17) is 4.74 Å². The standard InChI is InChI=1S/C25H34N2O3/c1-6-20(5)26-25(29)22(7-2)27(16-21-14-10-8-12-18(21)3)24(28)17-30-23-15-11-9-13-19(23)4/h8-15,20,22H,6-7,16-17H2,1-5H3,(H,26,29)/t20-,22+/m1/s1. The molecular weight excluding hydrogens is 376 g/mol. The molecular formula is C25H34N2O3. The van der Waals surface area contributed by atoms with Crippen molar-refractivity contribution in [2.24, 2.45) is 0 Å². The third-order valence-electron chi connectivity index (χ3n) is 5.43. The molecule has 1 N–H and O–H groups in total. The molecule has 0 aliphatic heterocycles. The lowest BCUT2D eigenvalue weighted by Crippen LogP contribution is -2.51. The van der Waals surface area contributed by atoms with Crippen molar-refractivity contribution in [2.75, 3.05) is 6.61 Å². The van der Waals surface area contributed by atoms with E-state index in [0.717, 1.165) is 23.1 Å². The molecule has 30 heavy (non-hydrogen) atoms. The number of aryl methyl sites for hydroxylation is 2. The summed E-state index contributed by atoms with van der Waals surface area (Å²) in [6.45, 7) is 10.2. The van der Waals surface area contributed by atoms with Crippen LogP contribution in [-0.4, -0.2) is 35.4 Å². The van der Waals surface area contributed by atoms with Crippen LogP contribution in [0.3, 0.4) is 0 Å². The first kappa shape index (κ1) is 23.5. The quantitative estimate of drug-likeness (QED) is 0.631. The monoisotopic (exact) mass is 410 g/mol. The van der Waals surface area contributed by atoms with Crippen LogP contribution in [0.15, 0.2) is 48.5 Å². The fraction of sp³-hybridized carbons (Fsp3) is 0.440. The molecule has 0 aliphatic rings. The van der Waals surface area contributed by atoms with Gasteiger partial charge in [-0.1, -0.05) is 56.3 Å². The van der Waals surface area contributed by atoms with Crippen molar-refractivity contribution in [3.05, 3.63) is 65.2 Å². The van der Waals surface area contributed by atoms with Crippen molar-refractivity contribution >= 4 is 11.8 Å². The van der Waals surface area contributed by atoms with Crippen molar-refractivity contribution in [3.8, 4) is 5.75 Å². The third-order valence-corrected chi connectivity index (χ3v) is 5.43. The van der Waals surface area contributed by atoms with Crippen LogP contribution in [0.1, 0.15) is 50.3 Å². The van der Waals surface area contributed by atoms with Gasteiger partial charge in [0.2, 0.25) is 5.91 Å². The Hall–Kier alpha value is -2.82. The van der Waals surface area contributed by atoms with Crippen LogP contribution in [0, 0.1) is 13.8 Å². The number of nitrogens with one attached hydrogen (secondary N) is 1. The van der Waals surface area contributed by atoms with E-state index < -0.39 is 6.04 Å². The minimum absolute atomic E-state index is 0.0604. The van der Waals surface area contributed by atoms with E-state index in [1.165, 1.54) is 0 Å². The number of benzene rings is 2. The molecule has 0 heterocycles. The SMILES string of the molecule is CC[C@@H](C)NC(=O)[C@H](CC)N(Cc1ccccc1C)C(=O)COc1ccccc1C. The van der Waals surface area contributed by atoms with Crippen LogP contribution in [0.2, 0.25) is 0 Å². The number of para-hydroxylation sites is 1. The van der Waals surface area contributed by atoms with Gasteiger partial charge in [-0.3, -0.25) is 9.59 Å². The highest BCUT2D eigenvalue weighted by Crippen LogP contribution is 2.19.